The number of hydrogen-bond acceptors (Lipinski definition) is 9. The molecule has 2 aromatic carbocycles. The van der Waals surface area contributed by atoms with Crippen LogP contribution in [0.25, 0.3) is 0 Å². The van der Waals surface area contributed by atoms with E-state index in [9.17, 15) is 4.79 Å². The molecule has 212 valence electrons. The van der Waals surface area contributed by atoms with Crippen molar-refractivity contribution >= 4 is 56.3 Å². The fourth-order valence-corrected chi connectivity index (χ4v) is 7.24. The number of morpholine rings is 1. The lowest BCUT2D eigenvalue weighted by Crippen LogP contribution is -2.49. The van der Waals surface area contributed by atoms with Crippen LogP contribution < -0.4 is 15.5 Å². The number of rotatable bonds is 10. The molecular formula is C29H29ClN6O3S2. The number of nitrogens with one attached hydrogen (secondary N) is 2. The molecular weight excluding hydrogens is 580 g/mol. The van der Waals surface area contributed by atoms with Crippen molar-refractivity contribution in [2.24, 2.45) is 4.99 Å². The Morgan fingerprint density at radius 2 is 2.02 bits per heavy atom. The largest absolute Gasteiger partial charge is 0.486 e. The maximum absolute atomic E-state index is 13.0. The number of aromatic nitrogens is 1. The standard InChI is InChI=1S/C29H29ClN6O3S2/c30-25-14-22(6-7-26(25)39-16-23-17-40-20-32-23)33-28-24-8-13-41(18-27(37)34-36-9-11-38-12-10-36)29(24)35(19-31-28)15-21-4-2-1-3-5-21/h1-8,13-14,17,19-20,33H,9-12,15-16,18H2,(H,34,37). The zero-order valence-electron chi connectivity index (χ0n) is 22.2. The van der Waals surface area contributed by atoms with Crippen LogP contribution in [0.4, 0.5) is 5.69 Å². The summed E-state index contributed by atoms with van der Waals surface area (Å²) in [6, 6.07) is 15.8. The van der Waals surface area contributed by atoms with Gasteiger partial charge in [0.15, 0.2) is 0 Å². The van der Waals surface area contributed by atoms with E-state index < -0.39 is 10.5 Å². The normalized spacial score (nSPS) is 18.5. The second-order valence-electron chi connectivity index (χ2n) is 9.47. The van der Waals surface area contributed by atoms with Crippen molar-refractivity contribution < 1.29 is 14.3 Å². The van der Waals surface area contributed by atoms with Gasteiger partial charge in [0.25, 0.3) is 0 Å². The molecule has 1 fully saturated rings. The van der Waals surface area contributed by atoms with E-state index >= 15 is 0 Å². The van der Waals surface area contributed by atoms with Gasteiger partial charge in [-0.05, 0) is 35.2 Å². The lowest BCUT2D eigenvalue weighted by atomic mass is 10.1. The Labute approximate surface area is 250 Å². The number of thiazole rings is 1. The van der Waals surface area contributed by atoms with Crippen LogP contribution >= 0.6 is 33.4 Å². The molecule has 0 saturated carbocycles. The fourth-order valence-electron chi connectivity index (χ4n) is 4.59. The number of anilines is 1. The van der Waals surface area contributed by atoms with Gasteiger partial charge in [-0.3, -0.25) is 10.2 Å². The van der Waals surface area contributed by atoms with Crippen LogP contribution in [-0.2, 0) is 22.7 Å². The van der Waals surface area contributed by atoms with Crippen LogP contribution in [0.15, 0.2) is 87.3 Å². The van der Waals surface area contributed by atoms with Crippen LogP contribution in [0, 0.1) is 0 Å². The minimum absolute atomic E-state index is 0.00895. The van der Waals surface area contributed by atoms with Crippen molar-refractivity contribution in [1.29, 1.82) is 0 Å². The Morgan fingerprint density at radius 3 is 2.80 bits per heavy atom. The topological polar surface area (TPSA) is 91.3 Å². The third-order valence-electron chi connectivity index (χ3n) is 6.55. The Morgan fingerprint density at radius 1 is 1.17 bits per heavy atom. The molecule has 1 unspecified atom stereocenters. The molecule has 4 heterocycles. The number of aliphatic imine (C=N–C) groups is 1. The zero-order chi connectivity index (χ0) is 28.0. The first-order chi connectivity index (χ1) is 20.1. The van der Waals surface area contributed by atoms with Gasteiger partial charge in [0.05, 0.1) is 46.5 Å². The predicted octanol–water partition coefficient (Wildman–Crippen LogP) is 4.83. The molecule has 0 bridgehead atoms. The van der Waals surface area contributed by atoms with Crippen molar-refractivity contribution in [3.05, 3.63) is 98.6 Å². The average Bonchev–Trinajstić information content (AvgIpc) is 3.66. The molecule has 6 rings (SSSR count). The molecule has 0 radical (unpaired) electrons. The lowest BCUT2D eigenvalue weighted by Gasteiger charge is -2.29. The highest BCUT2D eigenvalue weighted by atomic mass is 35.5. The molecule has 12 heteroatoms. The summed E-state index contributed by atoms with van der Waals surface area (Å²) in [5.74, 6) is 1.64. The Hall–Kier alpha value is -3.48. The van der Waals surface area contributed by atoms with Gasteiger partial charge in [-0.25, -0.2) is 15.0 Å². The lowest BCUT2D eigenvalue weighted by molar-refractivity contribution is -0.125. The quantitative estimate of drug-likeness (QED) is 0.319. The maximum Gasteiger partial charge on any atom is 0.244 e. The van der Waals surface area contributed by atoms with E-state index in [4.69, 9.17) is 26.1 Å². The highest BCUT2D eigenvalue weighted by molar-refractivity contribution is 8.19. The van der Waals surface area contributed by atoms with Crippen molar-refractivity contribution in [2.75, 3.05) is 37.4 Å². The van der Waals surface area contributed by atoms with E-state index in [1.807, 2.05) is 53.1 Å². The van der Waals surface area contributed by atoms with Gasteiger partial charge < -0.3 is 19.7 Å². The van der Waals surface area contributed by atoms with Crippen molar-refractivity contribution in [3.8, 4) is 5.75 Å². The zero-order valence-corrected chi connectivity index (χ0v) is 24.6. The first-order valence-corrected chi connectivity index (χ1v) is 15.9. The number of carbonyl (C=O) groups is 1. The first-order valence-electron chi connectivity index (χ1n) is 13.2. The Balaban J connectivity index is 1.22. The second kappa shape index (κ2) is 13.0. The highest BCUT2D eigenvalue weighted by Crippen LogP contribution is 2.36. The summed E-state index contributed by atoms with van der Waals surface area (Å²) < 4.78 is 11.2. The van der Waals surface area contributed by atoms with Crippen LogP contribution in [0.3, 0.4) is 0 Å². The molecule has 1 amide bonds. The van der Waals surface area contributed by atoms with Crippen LogP contribution in [0.1, 0.15) is 11.3 Å². The van der Waals surface area contributed by atoms with Crippen LogP contribution in [0.5, 0.6) is 5.75 Å². The van der Waals surface area contributed by atoms with E-state index in [0.29, 0.717) is 61.8 Å². The van der Waals surface area contributed by atoms with Crippen LogP contribution in [0.2, 0.25) is 5.02 Å². The van der Waals surface area contributed by atoms with Gasteiger partial charge in [0, 0.05) is 36.3 Å². The third kappa shape index (κ3) is 6.88. The summed E-state index contributed by atoms with van der Waals surface area (Å²) in [7, 11) is -0.434. The minimum atomic E-state index is -0.434. The number of hydrogen-bond donors (Lipinski definition) is 2. The minimum Gasteiger partial charge on any atom is -0.486 e. The van der Waals surface area contributed by atoms with Gasteiger partial charge in [0.2, 0.25) is 5.91 Å². The molecule has 1 saturated heterocycles. The third-order valence-corrected chi connectivity index (χ3v) is 9.47. The maximum atomic E-state index is 13.0. The predicted molar refractivity (Wildman–Crippen MR) is 166 cm³/mol. The Kier molecular flexibility index (Phi) is 8.78. The number of halogens is 1. The fraction of sp³-hybridized carbons (Fsp3) is 0.241. The van der Waals surface area contributed by atoms with Crippen molar-refractivity contribution in [1.82, 2.24) is 20.3 Å². The second-order valence-corrected chi connectivity index (χ2v) is 12.4. The Bertz CT molecular complexity index is 1520. The molecule has 1 aromatic heterocycles. The summed E-state index contributed by atoms with van der Waals surface area (Å²) in [4.78, 5) is 25.3. The number of amides is 1. The summed E-state index contributed by atoms with van der Waals surface area (Å²) >= 11 is 8.08. The van der Waals surface area contributed by atoms with E-state index in [0.717, 1.165) is 27.5 Å². The molecule has 9 nitrogen and oxygen atoms in total. The van der Waals surface area contributed by atoms with Crippen molar-refractivity contribution in [3.63, 3.8) is 0 Å². The molecule has 41 heavy (non-hydrogen) atoms. The number of nitrogens with zero attached hydrogens (tertiary/aromatic N) is 4. The summed E-state index contributed by atoms with van der Waals surface area (Å²) in [5, 5.41) is 9.91. The number of hydrazine groups is 1. The van der Waals surface area contributed by atoms with E-state index in [1.54, 1.807) is 5.51 Å². The monoisotopic (exact) mass is 608 g/mol. The molecule has 1 atom stereocenters. The molecule has 2 N–H and O–H groups in total. The van der Waals surface area contributed by atoms with E-state index in [2.05, 4.69) is 44.2 Å². The molecule has 3 aliphatic heterocycles. The average molecular weight is 609 g/mol. The van der Waals surface area contributed by atoms with Gasteiger partial charge in [-0.15, -0.1) is 21.8 Å². The number of fused-ring (bicyclic) bond motifs is 1. The summed E-state index contributed by atoms with van der Waals surface area (Å²) in [6.45, 7) is 3.64. The first kappa shape index (κ1) is 27.7. The van der Waals surface area contributed by atoms with Gasteiger partial charge >= 0.3 is 0 Å². The highest BCUT2D eigenvalue weighted by Gasteiger charge is 2.28. The number of ether oxygens (including phenoxy) is 2. The van der Waals surface area contributed by atoms with Gasteiger partial charge in [-0.2, -0.15) is 0 Å². The summed E-state index contributed by atoms with van der Waals surface area (Å²) in [5.41, 5.74) is 8.60. The SMILES string of the molecule is O=C(CS1=C2C(=C(Nc3ccc(OCc4cscn4)c(Cl)c3)N=CN2Cc2ccccc2)C=C1)NN1CCOCC1. The smallest absolute Gasteiger partial charge is 0.244 e. The number of benzene rings is 2. The van der Waals surface area contributed by atoms with Crippen molar-refractivity contribution in [2.45, 2.75) is 13.2 Å². The molecule has 3 aromatic rings. The van der Waals surface area contributed by atoms with E-state index in [1.165, 1.54) is 11.3 Å². The van der Waals surface area contributed by atoms with Crippen LogP contribution in [-0.4, -0.2) is 64.2 Å². The molecule has 0 aliphatic carbocycles. The molecule has 3 aliphatic rings. The number of carbonyl (C=O) groups excluding carboxylic acids is 1. The molecule has 0 spiro atoms. The van der Waals surface area contributed by atoms with Gasteiger partial charge in [0.1, 0.15) is 18.2 Å². The summed E-state index contributed by atoms with van der Waals surface area (Å²) in [6.07, 6.45) is 3.90. The van der Waals surface area contributed by atoms with E-state index in [-0.39, 0.29) is 5.91 Å². The van der Waals surface area contributed by atoms with Gasteiger partial charge in [-0.1, -0.05) is 41.9 Å².